The Bertz CT molecular complexity index is 1920. The van der Waals surface area contributed by atoms with E-state index in [9.17, 15) is 27.6 Å². The molecule has 2 N–H and O–H groups in total. The normalized spacial score (nSPS) is 10.5. The molecule has 0 aliphatic rings. The van der Waals surface area contributed by atoms with Gasteiger partial charge in [0.1, 0.15) is 23.0 Å². The first-order valence-electron chi connectivity index (χ1n) is 18.0. The maximum atomic E-state index is 12.6. The molecule has 14 nitrogen and oxygen atoms in total. The fourth-order valence-corrected chi connectivity index (χ4v) is 5.14. The van der Waals surface area contributed by atoms with Gasteiger partial charge < -0.3 is 30.3 Å². The molecular weight excluding hydrogens is 879 g/mol. The van der Waals surface area contributed by atoms with E-state index in [1.807, 2.05) is 6.07 Å². The van der Waals surface area contributed by atoms with Crippen LogP contribution in [0.15, 0.2) is 73.2 Å². The summed E-state index contributed by atoms with van der Waals surface area (Å²) < 4.78 is 52.2. The van der Waals surface area contributed by atoms with Crippen LogP contribution in [0.4, 0.5) is 18.9 Å². The minimum atomic E-state index is -4.76. The molecule has 19 heteroatoms. The molecule has 4 aromatic heterocycles. The molecule has 4 aromatic rings. The zero-order valence-electron chi connectivity index (χ0n) is 32.3. The van der Waals surface area contributed by atoms with Crippen molar-refractivity contribution in [1.82, 2.24) is 19.9 Å². The van der Waals surface area contributed by atoms with Crippen molar-refractivity contribution in [3.8, 4) is 40.0 Å². The first kappa shape index (κ1) is 51.3. The van der Waals surface area contributed by atoms with Crippen LogP contribution in [-0.2, 0) is 33.9 Å². The number of unbranched alkanes of at least 4 members (excludes halogenated alkanes) is 6. The first-order valence-corrected chi connectivity index (χ1v) is 18.4. The molecular formula is C40H43F3N8O6RuS. The first-order chi connectivity index (χ1) is 27.9. The Morgan fingerprint density at radius 1 is 0.763 bits per heavy atom. The van der Waals surface area contributed by atoms with Crippen LogP contribution in [0.3, 0.4) is 0 Å². The van der Waals surface area contributed by atoms with Crippen LogP contribution in [0.1, 0.15) is 70.9 Å². The van der Waals surface area contributed by atoms with Gasteiger partial charge in [-0.1, -0.05) is 64.6 Å². The van der Waals surface area contributed by atoms with Crippen LogP contribution in [0.5, 0.6) is 17.2 Å². The zero-order chi connectivity index (χ0) is 42.8. The van der Waals surface area contributed by atoms with Crippen molar-refractivity contribution in [1.29, 1.82) is 5.41 Å². The molecule has 0 aliphatic carbocycles. The second-order valence-electron chi connectivity index (χ2n) is 12.0. The number of carbonyl (C=O) groups excluding carboxylic acids is 3. The Kier molecular flexibility index (Phi) is 24.8. The van der Waals surface area contributed by atoms with Gasteiger partial charge in [0.2, 0.25) is 0 Å². The Morgan fingerprint density at radius 3 is 1.64 bits per heavy atom. The third-order valence-electron chi connectivity index (χ3n) is 7.88. The predicted octanol–water partition coefficient (Wildman–Crippen LogP) is 9.49. The largest absolute Gasteiger partial charge is 2.00 e. The number of hydrogen-bond acceptors (Lipinski definition) is 13. The number of thiocarbonyl (C=S) groups is 1. The fourth-order valence-electron chi connectivity index (χ4n) is 5.14. The van der Waals surface area contributed by atoms with Crippen LogP contribution < -0.4 is 19.1 Å². The van der Waals surface area contributed by atoms with Gasteiger partial charge in [-0.25, -0.2) is 4.98 Å². The average molecular weight is 922 g/mol. The van der Waals surface area contributed by atoms with Gasteiger partial charge in [-0.3, -0.25) is 34.7 Å². The Morgan fingerprint density at radius 2 is 1.20 bits per heavy atom. The van der Waals surface area contributed by atoms with E-state index < -0.39 is 17.6 Å². The number of halogens is 3. The van der Waals surface area contributed by atoms with Crippen molar-refractivity contribution in [2.45, 2.75) is 71.4 Å². The van der Waals surface area contributed by atoms with E-state index in [-0.39, 0.29) is 48.9 Å². The molecule has 0 aromatic carbocycles. The number of allylic oxidation sites excluding steroid dienone is 1. The van der Waals surface area contributed by atoms with Crippen molar-refractivity contribution in [2.24, 2.45) is 0 Å². The second-order valence-corrected chi connectivity index (χ2v) is 12.2. The topological polar surface area (TPSA) is 204 Å². The van der Waals surface area contributed by atoms with Gasteiger partial charge >= 0.3 is 25.7 Å². The molecule has 59 heavy (non-hydrogen) atoms. The summed E-state index contributed by atoms with van der Waals surface area (Å²) in [5.41, 5.74) is 8.43. The molecule has 0 amide bonds. The molecule has 0 saturated heterocycles. The third-order valence-corrected chi connectivity index (χ3v) is 7.88. The third kappa shape index (κ3) is 19.0. The van der Waals surface area contributed by atoms with Gasteiger partial charge in [-0.05, 0) is 43.2 Å². The van der Waals surface area contributed by atoms with Crippen LogP contribution >= 0.6 is 12.2 Å². The summed E-state index contributed by atoms with van der Waals surface area (Å²) in [5.74, 6) is 0.760. The van der Waals surface area contributed by atoms with E-state index >= 15 is 0 Å². The number of alkyl halides is 3. The number of ether oxygens (including phenoxy) is 3. The molecule has 0 unspecified atom stereocenters. The van der Waals surface area contributed by atoms with Crippen LogP contribution in [0, 0.1) is 5.41 Å². The number of nitrogens with zero attached hydrogens (tertiary/aromatic N) is 6. The SMILES string of the molecule is CCCCCCN(CCCCCC)c1ccnc(/C([NH-])=C/C(=N)C(F)(F)F)c1.O=COc1ccnc(-c2cc(OC=O)cc(-c3cc(OC=O)ccn3)n2)c1.[N-]=C=S.[Ru+2]. The molecule has 0 bridgehead atoms. The van der Waals surface area contributed by atoms with Crippen molar-refractivity contribution >= 4 is 53.9 Å². The summed E-state index contributed by atoms with van der Waals surface area (Å²) in [6.07, 6.45) is 9.26. The minimum Gasteiger partial charge on any atom is -0.753 e. The number of carbonyl (C=O) groups is 3. The Hall–Kier alpha value is -5.77. The maximum absolute atomic E-state index is 12.6. The van der Waals surface area contributed by atoms with Crippen LogP contribution in [-0.4, -0.2) is 69.5 Å². The Labute approximate surface area is 358 Å². The Balaban J connectivity index is 0.000000544. The molecule has 0 spiro atoms. The quantitative estimate of drug-likeness (QED) is 0.0273. The average Bonchev–Trinajstić information content (AvgIpc) is 3.21. The molecule has 0 fully saturated rings. The van der Waals surface area contributed by atoms with Crippen LogP contribution in [0.2, 0.25) is 0 Å². The van der Waals surface area contributed by atoms with E-state index in [1.54, 1.807) is 6.07 Å². The van der Waals surface area contributed by atoms with Gasteiger partial charge in [-0.2, -0.15) is 18.3 Å². The predicted molar refractivity (Wildman–Crippen MR) is 218 cm³/mol. The van der Waals surface area contributed by atoms with E-state index in [0.717, 1.165) is 57.3 Å². The van der Waals surface area contributed by atoms with E-state index in [2.05, 4.69) is 50.9 Å². The van der Waals surface area contributed by atoms with E-state index in [0.29, 0.717) is 41.8 Å². The van der Waals surface area contributed by atoms with Crippen LogP contribution in [0.25, 0.3) is 39.6 Å². The van der Waals surface area contributed by atoms with Crippen molar-refractivity contribution in [3.63, 3.8) is 0 Å². The summed E-state index contributed by atoms with van der Waals surface area (Å²) in [7, 11) is 0. The number of isothiocyanates is 1. The smallest absolute Gasteiger partial charge is 0.753 e. The summed E-state index contributed by atoms with van der Waals surface area (Å²) in [4.78, 5) is 50.9. The van der Waals surface area contributed by atoms with Gasteiger partial charge in [-0.15, -0.1) is 5.70 Å². The van der Waals surface area contributed by atoms with Crippen molar-refractivity contribution in [3.05, 3.63) is 90.0 Å². The number of nitrogens with one attached hydrogen (secondary N) is 2. The molecule has 0 aliphatic heterocycles. The van der Waals surface area contributed by atoms with Gasteiger partial charge in [0.25, 0.3) is 19.4 Å². The van der Waals surface area contributed by atoms with E-state index in [4.69, 9.17) is 30.8 Å². The number of hydrogen-bond donors (Lipinski definition) is 1. The van der Waals surface area contributed by atoms with E-state index in [1.165, 1.54) is 73.0 Å². The van der Waals surface area contributed by atoms with Crippen molar-refractivity contribution in [2.75, 3.05) is 18.0 Å². The molecule has 0 saturated carbocycles. The van der Waals surface area contributed by atoms with Crippen molar-refractivity contribution < 1.29 is 61.2 Å². The number of anilines is 1. The summed E-state index contributed by atoms with van der Waals surface area (Å²) in [5, 5.41) is 15.5. The van der Waals surface area contributed by atoms with Gasteiger partial charge in [0, 0.05) is 67.3 Å². The number of aromatic nitrogens is 4. The standard InChI is InChI=1S/C21H32F3N4.C18H11N3O6.CNS.Ru/c1-3-5-7-9-13-28(14-10-8-6-4-2)17-11-12-27-19(15-17)18(25)16-20(26)21(22,23)24;22-9-25-12-1-3-19-15(5-12)17-7-14(27-11-24)8-18(21-17)16-6-13(26-10-23)2-4-20-16;2-1-3;/h11-12,15-16,25-26H,3-10,13-14H2,1-2H3;1-11H;;/q-1;;-1;+2/b18-16-,26-20?;;;. The molecule has 4 rings (SSSR count). The monoisotopic (exact) mass is 922 g/mol. The summed E-state index contributed by atoms with van der Waals surface area (Å²) in [6.45, 7) is 6.97. The van der Waals surface area contributed by atoms with Gasteiger partial charge in [0.05, 0.1) is 22.8 Å². The number of rotatable bonds is 21. The summed E-state index contributed by atoms with van der Waals surface area (Å²) >= 11 is 3.70. The maximum Gasteiger partial charge on any atom is 2.00 e. The molecule has 4 heterocycles. The second kappa shape index (κ2) is 28.6. The minimum absolute atomic E-state index is 0. The fraction of sp³-hybridized carbons (Fsp3) is 0.325. The van der Waals surface area contributed by atoms with Gasteiger partial charge in [0.15, 0.2) is 0 Å². The summed E-state index contributed by atoms with van der Waals surface area (Å²) in [6, 6.07) is 12.5. The number of pyridine rings is 4. The molecule has 314 valence electrons. The zero-order valence-corrected chi connectivity index (χ0v) is 34.8. The molecule has 0 radical (unpaired) electrons. The molecule has 0 atom stereocenters.